The molecular formula is C32H38N4O2S. The molecule has 6 nitrogen and oxygen atoms in total. The Morgan fingerprint density at radius 1 is 0.949 bits per heavy atom. The fraction of sp³-hybridized carbons (Fsp3) is 0.344. The molecule has 39 heavy (non-hydrogen) atoms. The fourth-order valence-electron chi connectivity index (χ4n) is 4.86. The van der Waals surface area contributed by atoms with E-state index in [1.54, 1.807) is 4.90 Å². The van der Waals surface area contributed by atoms with Crippen LogP contribution in [0.15, 0.2) is 84.9 Å². The standard InChI is InChI=1S/C32H38N4O2S/c1-2-10-28(33)27-18-16-25(17-19-27)22-34-31(37)30-15-9-20-36(30)32(38)29(21-24-11-5-3-6-12-24)35-39-23-26-13-7-4-8-14-26/h3-8,11-14,16-19,29-30,33,35H,2,9-10,15,20-23H2,1H3,(H,34,37). The first-order valence-corrected chi connectivity index (χ1v) is 14.7. The van der Waals surface area contributed by atoms with E-state index in [0.29, 0.717) is 31.6 Å². The molecule has 1 fully saturated rings. The number of carbonyl (C=O) groups excluding carboxylic acids is 2. The smallest absolute Gasteiger partial charge is 0.243 e. The van der Waals surface area contributed by atoms with E-state index in [1.807, 2.05) is 72.8 Å². The first-order chi connectivity index (χ1) is 19.0. The van der Waals surface area contributed by atoms with Gasteiger partial charge in [0, 0.05) is 24.6 Å². The number of benzene rings is 3. The van der Waals surface area contributed by atoms with Crippen LogP contribution in [0.2, 0.25) is 0 Å². The Balaban J connectivity index is 1.37. The number of hydrogen-bond acceptors (Lipinski definition) is 5. The number of nitrogens with one attached hydrogen (secondary N) is 3. The average Bonchev–Trinajstić information content (AvgIpc) is 3.47. The van der Waals surface area contributed by atoms with Gasteiger partial charge in [-0.15, -0.1) is 0 Å². The minimum atomic E-state index is -0.464. The summed E-state index contributed by atoms with van der Waals surface area (Å²) in [4.78, 5) is 28.8. The summed E-state index contributed by atoms with van der Waals surface area (Å²) < 4.78 is 3.41. The van der Waals surface area contributed by atoms with Gasteiger partial charge in [-0.05, 0) is 47.9 Å². The third-order valence-corrected chi connectivity index (χ3v) is 7.92. The largest absolute Gasteiger partial charge is 0.350 e. The zero-order chi connectivity index (χ0) is 27.5. The Hall–Kier alpha value is -3.42. The Bertz CT molecular complexity index is 1220. The first kappa shape index (κ1) is 28.6. The van der Waals surface area contributed by atoms with Gasteiger partial charge in [0.2, 0.25) is 11.8 Å². The number of hydrogen-bond donors (Lipinski definition) is 3. The second-order valence-electron chi connectivity index (χ2n) is 9.97. The Morgan fingerprint density at radius 3 is 2.28 bits per heavy atom. The van der Waals surface area contributed by atoms with E-state index in [2.05, 4.69) is 29.1 Å². The molecule has 2 atom stereocenters. The maximum absolute atomic E-state index is 13.8. The summed E-state index contributed by atoms with van der Waals surface area (Å²) in [5.74, 6) is 0.606. The molecule has 1 heterocycles. The Labute approximate surface area is 236 Å². The Morgan fingerprint density at radius 2 is 1.62 bits per heavy atom. The number of carbonyl (C=O) groups is 2. The van der Waals surface area contributed by atoms with Crippen molar-refractivity contribution >= 4 is 29.5 Å². The van der Waals surface area contributed by atoms with Crippen LogP contribution in [0.3, 0.4) is 0 Å². The molecule has 7 heteroatoms. The van der Waals surface area contributed by atoms with E-state index >= 15 is 0 Å². The van der Waals surface area contributed by atoms with Crippen LogP contribution in [0.1, 0.15) is 54.9 Å². The van der Waals surface area contributed by atoms with Crippen molar-refractivity contribution in [1.82, 2.24) is 14.9 Å². The second kappa shape index (κ2) is 14.7. The summed E-state index contributed by atoms with van der Waals surface area (Å²) in [5.41, 5.74) is 4.80. The highest BCUT2D eigenvalue weighted by atomic mass is 32.2. The average molecular weight is 543 g/mol. The van der Waals surface area contributed by atoms with Crippen LogP contribution >= 0.6 is 11.9 Å². The molecule has 1 aliphatic heterocycles. The summed E-state index contributed by atoms with van der Waals surface area (Å²) in [6.45, 7) is 3.05. The van der Waals surface area contributed by atoms with Crippen LogP contribution in [0.25, 0.3) is 0 Å². The zero-order valence-electron chi connectivity index (χ0n) is 22.6. The van der Waals surface area contributed by atoms with Crippen molar-refractivity contribution in [2.75, 3.05) is 6.54 Å². The Kier molecular flexibility index (Phi) is 10.7. The van der Waals surface area contributed by atoms with Crippen LogP contribution < -0.4 is 10.0 Å². The number of amides is 2. The van der Waals surface area contributed by atoms with Crippen molar-refractivity contribution in [2.24, 2.45) is 0 Å². The van der Waals surface area contributed by atoms with Crippen LogP contribution in [0.5, 0.6) is 0 Å². The number of nitrogens with zero attached hydrogens (tertiary/aromatic N) is 1. The lowest BCUT2D eigenvalue weighted by molar-refractivity contribution is -0.139. The minimum absolute atomic E-state index is 0.0316. The van der Waals surface area contributed by atoms with Crippen LogP contribution in [-0.2, 0) is 28.3 Å². The van der Waals surface area contributed by atoms with Crippen molar-refractivity contribution in [3.05, 3.63) is 107 Å². The van der Waals surface area contributed by atoms with E-state index in [0.717, 1.165) is 41.7 Å². The monoisotopic (exact) mass is 542 g/mol. The van der Waals surface area contributed by atoms with Crippen molar-refractivity contribution in [1.29, 1.82) is 5.41 Å². The molecule has 0 radical (unpaired) electrons. The molecule has 1 saturated heterocycles. The predicted octanol–water partition coefficient (Wildman–Crippen LogP) is 5.51. The lowest BCUT2D eigenvalue weighted by Gasteiger charge is -2.28. The van der Waals surface area contributed by atoms with E-state index in [1.165, 1.54) is 17.5 Å². The molecule has 0 saturated carbocycles. The quantitative estimate of drug-likeness (QED) is 0.196. The second-order valence-corrected chi connectivity index (χ2v) is 10.8. The molecule has 3 N–H and O–H groups in total. The normalized spacial score (nSPS) is 15.6. The van der Waals surface area contributed by atoms with Crippen molar-refractivity contribution in [3.8, 4) is 0 Å². The highest BCUT2D eigenvalue weighted by molar-refractivity contribution is 7.96. The number of likely N-dealkylation sites (tertiary alicyclic amines) is 1. The highest BCUT2D eigenvalue weighted by Gasteiger charge is 2.37. The molecule has 0 spiro atoms. The molecule has 0 bridgehead atoms. The molecule has 0 aromatic heterocycles. The van der Waals surface area contributed by atoms with Crippen LogP contribution in [0.4, 0.5) is 0 Å². The molecule has 1 aliphatic rings. The van der Waals surface area contributed by atoms with Gasteiger partial charge >= 0.3 is 0 Å². The van der Waals surface area contributed by atoms with Gasteiger partial charge in [0.15, 0.2) is 0 Å². The van der Waals surface area contributed by atoms with Gasteiger partial charge in [-0.3, -0.25) is 14.3 Å². The van der Waals surface area contributed by atoms with Gasteiger partial charge in [-0.25, -0.2) is 0 Å². The fourth-order valence-corrected chi connectivity index (χ4v) is 5.69. The molecule has 3 aromatic carbocycles. The summed E-state index contributed by atoms with van der Waals surface area (Å²) in [6.07, 6.45) is 3.74. The number of rotatable bonds is 13. The topological polar surface area (TPSA) is 85.3 Å². The summed E-state index contributed by atoms with van der Waals surface area (Å²) >= 11 is 1.53. The molecule has 3 aromatic rings. The highest BCUT2D eigenvalue weighted by Crippen LogP contribution is 2.21. The van der Waals surface area contributed by atoms with Crippen LogP contribution in [-0.4, -0.2) is 41.1 Å². The van der Waals surface area contributed by atoms with Gasteiger partial charge in [-0.1, -0.05) is 110 Å². The van der Waals surface area contributed by atoms with E-state index in [4.69, 9.17) is 5.41 Å². The molecular weight excluding hydrogens is 504 g/mol. The third kappa shape index (κ3) is 8.28. The van der Waals surface area contributed by atoms with Gasteiger partial charge in [0.25, 0.3) is 0 Å². The third-order valence-electron chi connectivity index (χ3n) is 7.00. The summed E-state index contributed by atoms with van der Waals surface area (Å²) in [5, 5.41) is 11.2. The van der Waals surface area contributed by atoms with Crippen molar-refractivity contribution in [2.45, 2.75) is 63.4 Å². The van der Waals surface area contributed by atoms with E-state index < -0.39 is 12.1 Å². The maximum Gasteiger partial charge on any atom is 0.243 e. The molecule has 204 valence electrons. The molecule has 0 aliphatic carbocycles. The van der Waals surface area contributed by atoms with E-state index in [-0.39, 0.29) is 11.8 Å². The summed E-state index contributed by atoms with van der Waals surface area (Å²) in [7, 11) is 0. The molecule has 2 amide bonds. The van der Waals surface area contributed by atoms with Gasteiger partial charge < -0.3 is 15.6 Å². The van der Waals surface area contributed by atoms with Gasteiger partial charge in [0.1, 0.15) is 12.1 Å². The molecule has 4 rings (SSSR count). The first-order valence-electron chi connectivity index (χ1n) is 13.7. The minimum Gasteiger partial charge on any atom is -0.350 e. The van der Waals surface area contributed by atoms with Gasteiger partial charge in [-0.2, -0.15) is 0 Å². The van der Waals surface area contributed by atoms with Crippen molar-refractivity contribution in [3.63, 3.8) is 0 Å². The maximum atomic E-state index is 13.8. The van der Waals surface area contributed by atoms with Gasteiger partial charge in [0.05, 0.1) is 0 Å². The lowest BCUT2D eigenvalue weighted by Crippen LogP contribution is -2.52. The van der Waals surface area contributed by atoms with E-state index in [9.17, 15) is 9.59 Å². The van der Waals surface area contributed by atoms with Crippen molar-refractivity contribution < 1.29 is 9.59 Å². The predicted molar refractivity (Wildman–Crippen MR) is 160 cm³/mol. The molecule has 2 unspecified atom stereocenters. The summed E-state index contributed by atoms with van der Waals surface area (Å²) in [6, 6.07) is 27.1. The van der Waals surface area contributed by atoms with Crippen LogP contribution in [0, 0.1) is 5.41 Å². The lowest BCUT2D eigenvalue weighted by atomic mass is 10.0. The SMILES string of the molecule is CCCC(=N)c1ccc(CNC(=O)C2CCCN2C(=O)C(Cc2ccccc2)NSCc2ccccc2)cc1. The zero-order valence-corrected chi connectivity index (χ0v) is 23.4.